The summed E-state index contributed by atoms with van der Waals surface area (Å²) in [6.07, 6.45) is 0.636. The van der Waals surface area contributed by atoms with Gasteiger partial charge >= 0.3 is 0 Å². The predicted molar refractivity (Wildman–Crippen MR) is 51.9 cm³/mol. The Morgan fingerprint density at radius 2 is 1.67 bits per heavy atom. The largest absolute Gasteiger partial charge is 0.353 e. The lowest BCUT2D eigenvalue weighted by molar-refractivity contribution is -0.122. The summed E-state index contributed by atoms with van der Waals surface area (Å²) < 4.78 is 0. The van der Waals surface area contributed by atoms with E-state index in [1.165, 1.54) is 0 Å². The van der Waals surface area contributed by atoms with E-state index >= 15 is 0 Å². The molecule has 1 atom stereocenters. The molecule has 0 aliphatic rings. The van der Waals surface area contributed by atoms with E-state index in [4.69, 9.17) is 0 Å². The van der Waals surface area contributed by atoms with Crippen LogP contribution in [0.1, 0.15) is 41.0 Å². The molecule has 1 N–H and O–H groups in total. The second kappa shape index (κ2) is 5.18. The number of nitrogens with one attached hydrogen (secondary N) is 1. The van der Waals surface area contributed by atoms with Gasteiger partial charge in [-0.2, -0.15) is 0 Å². The van der Waals surface area contributed by atoms with Gasteiger partial charge in [0, 0.05) is 12.5 Å². The van der Waals surface area contributed by atoms with Gasteiger partial charge in [-0.25, -0.2) is 0 Å². The van der Waals surface area contributed by atoms with Crippen LogP contribution in [0.3, 0.4) is 0 Å². The molecule has 0 spiro atoms. The zero-order chi connectivity index (χ0) is 9.72. The van der Waals surface area contributed by atoms with Crippen molar-refractivity contribution < 1.29 is 4.79 Å². The van der Waals surface area contributed by atoms with Crippen LogP contribution in [0.2, 0.25) is 0 Å². The number of rotatable bonds is 4. The minimum absolute atomic E-state index is 0.172. The van der Waals surface area contributed by atoms with Crippen LogP contribution in [-0.2, 0) is 4.79 Å². The molecule has 2 heteroatoms. The minimum Gasteiger partial charge on any atom is -0.353 e. The third-order valence-electron chi connectivity index (χ3n) is 1.98. The first-order chi connectivity index (χ1) is 5.43. The molecule has 0 saturated carbocycles. The summed E-state index contributed by atoms with van der Waals surface area (Å²) >= 11 is 0. The SMILES string of the molecule is CC(C)CC(=O)NC(C)C(C)C. The maximum absolute atomic E-state index is 11.3. The quantitative estimate of drug-likeness (QED) is 0.690. The highest BCUT2D eigenvalue weighted by atomic mass is 16.1. The van der Waals surface area contributed by atoms with Gasteiger partial charge in [0.15, 0.2) is 0 Å². The average Bonchev–Trinajstić information content (AvgIpc) is 1.84. The molecule has 0 aliphatic carbocycles. The number of hydrogen-bond acceptors (Lipinski definition) is 1. The van der Waals surface area contributed by atoms with E-state index in [0.29, 0.717) is 18.3 Å². The molecule has 0 bridgehead atoms. The van der Waals surface area contributed by atoms with Gasteiger partial charge in [-0.3, -0.25) is 4.79 Å². The normalized spacial score (nSPS) is 13.6. The summed E-state index contributed by atoms with van der Waals surface area (Å²) in [4.78, 5) is 11.3. The highest BCUT2D eigenvalue weighted by molar-refractivity contribution is 5.76. The molecule has 0 radical (unpaired) electrons. The van der Waals surface area contributed by atoms with Crippen LogP contribution in [0, 0.1) is 11.8 Å². The lowest BCUT2D eigenvalue weighted by Crippen LogP contribution is -2.36. The third kappa shape index (κ3) is 5.16. The molecule has 0 aromatic carbocycles. The van der Waals surface area contributed by atoms with Gasteiger partial charge in [0.05, 0.1) is 0 Å². The molecule has 0 fully saturated rings. The van der Waals surface area contributed by atoms with Crippen LogP contribution >= 0.6 is 0 Å². The molecule has 1 unspecified atom stereocenters. The monoisotopic (exact) mass is 171 g/mol. The Balaban J connectivity index is 3.69. The van der Waals surface area contributed by atoms with Crippen molar-refractivity contribution >= 4 is 5.91 Å². The molecular formula is C10H21NO. The number of hydrogen-bond donors (Lipinski definition) is 1. The first kappa shape index (κ1) is 11.5. The van der Waals surface area contributed by atoms with Gasteiger partial charge in [0.1, 0.15) is 0 Å². The van der Waals surface area contributed by atoms with Gasteiger partial charge in [-0.05, 0) is 18.8 Å². The standard InChI is InChI=1S/C10H21NO/c1-7(2)6-10(12)11-9(5)8(3)4/h7-9H,6H2,1-5H3,(H,11,12). The first-order valence-electron chi connectivity index (χ1n) is 4.72. The molecule has 0 aromatic rings. The maximum Gasteiger partial charge on any atom is 0.220 e. The molecule has 0 heterocycles. The second-order valence-corrected chi connectivity index (χ2v) is 4.20. The zero-order valence-electron chi connectivity index (χ0n) is 8.85. The summed E-state index contributed by atoms with van der Waals surface area (Å²) in [6.45, 7) is 10.4. The molecule has 1 amide bonds. The van der Waals surface area contributed by atoms with Crippen molar-refractivity contribution in [2.24, 2.45) is 11.8 Å². The lowest BCUT2D eigenvalue weighted by atomic mass is 10.1. The van der Waals surface area contributed by atoms with E-state index in [-0.39, 0.29) is 11.9 Å². The molecular weight excluding hydrogens is 150 g/mol. The Morgan fingerprint density at radius 3 is 2.00 bits per heavy atom. The number of carbonyl (C=O) groups is 1. The van der Waals surface area contributed by atoms with Gasteiger partial charge in [-0.1, -0.05) is 27.7 Å². The van der Waals surface area contributed by atoms with Crippen LogP contribution < -0.4 is 5.32 Å². The van der Waals surface area contributed by atoms with Crippen molar-refractivity contribution in [3.63, 3.8) is 0 Å². The minimum atomic E-state index is 0.172. The first-order valence-corrected chi connectivity index (χ1v) is 4.72. The lowest BCUT2D eigenvalue weighted by Gasteiger charge is -2.17. The molecule has 0 rings (SSSR count). The Labute approximate surface area is 75.7 Å². The summed E-state index contributed by atoms with van der Waals surface area (Å²) in [6, 6.07) is 0.288. The fourth-order valence-electron chi connectivity index (χ4n) is 0.850. The predicted octanol–water partition coefficient (Wildman–Crippen LogP) is 2.19. The topological polar surface area (TPSA) is 29.1 Å². The number of carbonyl (C=O) groups excluding carboxylic acids is 1. The van der Waals surface area contributed by atoms with Crippen molar-refractivity contribution in [3.8, 4) is 0 Å². The third-order valence-corrected chi connectivity index (χ3v) is 1.98. The summed E-state index contributed by atoms with van der Waals surface area (Å²) in [5, 5.41) is 2.97. The highest BCUT2D eigenvalue weighted by Gasteiger charge is 2.11. The zero-order valence-corrected chi connectivity index (χ0v) is 8.85. The van der Waals surface area contributed by atoms with E-state index < -0.39 is 0 Å². The second-order valence-electron chi connectivity index (χ2n) is 4.20. The smallest absolute Gasteiger partial charge is 0.220 e. The number of amides is 1. The Morgan fingerprint density at radius 1 is 1.17 bits per heavy atom. The van der Waals surface area contributed by atoms with Crippen molar-refractivity contribution in [2.75, 3.05) is 0 Å². The average molecular weight is 171 g/mol. The molecule has 12 heavy (non-hydrogen) atoms. The fraction of sp³-hybridized carbons (Fsp3) is 0.900. The van der Waals surface area contributed by atoms with Gasteiger partial charge in [-0.15, -0.1) is 0 Å². The van der Waals surface area contributed by atoms with Crippen molar-refractivity contribution in [1.29, 1.82) is 0 Å². The van der Waals surface area contributed by atoms with Crippen LogP contribution in [0.25, 0.3) is 0 Å². The van der Waals surface area contributed by atoms with E-state index in [1.807, 2.05) is 6.92 Å². The van der Waals surface area contributed by atoms with Crippen molar-refractivity contribution in [3.05, 3.63) is 0 Å². The van der Waals surface area contributed by atoms with E-state index in [1.54, 1.807) is 0 Å². The van der Waals surface area contributed by atoms with Crippen LogP contribution in [0.4, 0.5) is 0 Å². The summed E-state index contributed by atoms with van der Waals surface area (Å²) in [5.74, 6) is 1.14. The molecule has 0 saturated heterocycles. The Hall–Kier alpha value is -0.530. The highest BCUT2D eigenvalue weighted by Crippen LogP contribution is 2.03. The maximum atomic E-state index is 11.3. The van der Waals surface area contributed by atoms with Crippen molar-refractivity contribution in [2.45, 2.75) is 47.1 Å². The molecule has 0 aliphatic heterocycles. The molecule has 2 nitrogen and oxygen atoms in total. The molecule has 72 valence electrons. The van der Waals surface area contributed by atoms with E-state index in [9.17, 15) is 4.79 Å². The van der Waals surface area contributed by atoms with Crippen molar-refractivity contribution in [1.82, 2.24) is 5.32 Å². The van der Waals surface area contributed by atoms with Crippen LogP contribution in [-0.4, -0.2) is 11.9 Å². The van der Waals surface area contributed by atoms with Gasteiger partial charge < -0.3 is 5.32 Å². The van der Waals surface area contributed by atoms with E-state index in [2.05, 4.69) is 33.0 Å². The van der Waals surface area contributed by atoms with Gasteiger partial charge in [0.2, 0.25) is 5.91 Å². The summed E-state index contributed by atoms with van der Waals surface area (Å²) in [5.41, 5.74) is 0. The van der Waals surface area contributed by atoms with Gasteiger partial charge in [0.25, 0.3) is 0 Å². The fourth-order valence-corrected chi connectivity index (χ4v) is 0.850. The van der Waals surface area contributed by atoms with Crippen LogP contribution in [0.5, 0.6) is 0 Å². The van der Waals surface area contributed by atoms with E-state index in [0.717, 1.165) is 0 Å². The Bertz CT molecular complexity index is 141. The summed E-state index contributed by atoms with van der Waals surface area (Å²) in [7, 11) is 0. The van der Waals surface area contributed by atoms with Crippen LogP contribution in [0.15, 0.2) is 0 Å². The Kier molecular flexibility index (Phi) is 4.95. The molecule has 0 aromatic heterocycles.